The molecule has 2 aromatic carbocycles. The van der Waals surface area contributed by atoms with E-state index in [-0.39, 0.29) is 16.8 Å². The molecular formula is C24H21ClN2O3. The molecule has 1 aliphatic heterocycles. The Morgan fingerprint density at radius 3 is 2.47 bits per heavy atom. The molecule has 0 amide bonds. The van der Waals surface area contributed by atoms with E-state index in [4.69, 9.17) is 16.3 Å². The number of para-hydroxylation sites is 1. The quantitative estimate of drug-likeness (QED) is 0.399. The first-order chi connectivity index (χ1) is 14.2. The van der Waals surface area contributed by atoms with Gasteiger partial charge in [-0.1, -0.05) is 55.8 Å². The fourth-order valence-corrected chi connectivity index (χ4v) is 3.66. The first-order valence-electron chi connectivity index (χ1n) is 9.37. The zero-order valence-corrected chi connectivity index (χ0v) is 17.7. The molecule has 1 heterocycles. The standard InChI is InChI=1S/C24H21ClN2O3/c1-24(2)20-6-4-5-7-21(20)27(3)22(24)13-19(28)15-30-23(29)17(14-26)12-16-8-10-18(25)11-9-16/h4-13H,15H2,1-3H3/b17-12+,22-13-. The van der Waals surface area contributed by atoms with E-state index < -0.39 is 12.6 Å². The molecule has 5 nitrogen and oxygen atoms in total. The number of esters is 1. The van der Waals surface area contributed by atoms with Crippen LogP contribution in [0.1, 0.15) is 25.0 Å². The van der Waals surface area contributed by atoms with Crippen LogP contribution in [0.25, 0.3) is 6.08 Å². The van der Waals surface area contributed by atoms with Crippen LogP contribution in [0, 0.1) is 11.3 Å². The summed E-state index contributed by atoms with van der Waals surface area (Å²) in [5.41, 5.74) is 3.08. The highest BCUT2D eigenvalue weighted by atomic mass is 35.5. The second-order valence-electron chi connectivity index (χ2n) is 7.49. The summed E-state index contributed by atoms with van der Waals surface area (Å²) >= 11 is 5.84. The predicted molar refractivity (Wildman–Crippen MR) is 117 cm³/mol. The minimum Gasteiger partial charge on any atom is -0.453 e. The third-order valence-electron chi connectivity index (χ3n) is 5.11. The van der Waals surface area contributed by atoms with Crippen LogP contribution < -0.4 is 4.90 Å². The molecule has 0 N–H and O–H groups in total. The maximum absolute atomic E-state index is 12.5. The van der Waals surface area contributed by atoms with Gasteiger partial charge in [0, 0.05) is 34.9 Å². The predicted octanol–water partition coefficient (Wildman–Crippen LogP) is 4.67. The molecule has 2 aromatic rings. The molecule has 0 saturated heterocycles. The van der Waals surface area contributed by atoms with E-state index in [9.17, 15) is 14.9 Å². The van der Waals surface area contributed by atoms with Gasteiger partial charge in [0.1, 0.15) is 11.6 Å². The minimum absolute atomic E-state index is 0.191. The van der Waals surface area contributed by atoms with Gasteiger partial charge in [0.05, 0.1) is 0 Å². The minimum atomic E-state index is -0.846. The Balaban J connectivity index is 1.70. The molecule has 0 aromatic heterocycles. The molecule has 0 bridgehead atoms. The summed E-state index contributed by atoms with van der Waals surface area (Å²) in [6.45, 7) is 3.65. The number of allylic oxidation sites excluding steroid dienone is 1. The van der Waals surface area contributed by atoms with Gasteiger partial charge >= 0.3 is 5.97 Å². The van der Waals surface area contributed by atoms with Crippen molar-refractivity contribution in [1.29, 1.82) is 5.26 Å². The highest BCUT2D eigenvalue weighted by Gasteiger charge is 2.38. The van der Waals surface area contributed by atoms with Crippen LogP contribution in [-0.2, 0) is 19.7 Å². The van der Waals surface area contributed by atoms with E-state index in [1.807, 2.05) is 56.1 Å². The number of nitriles is 1. The average molecular weight is 421 g/mol. The number of ether oxygens (including phenoxy) is 1. The zero-order chi connectivity index (χ0) is 21.9. The van der Waals surface area contributed by atoms with Crippen molar-refractivity contribution in [2.45, 2.75) is 19.3 Å². The summed E-state index contributed by atoms with van der Waals surface area (Å²) in [5, 5.41) is 9.81. The lowest BCUT2D eigenvalue weighted by atomic mass is 9.83. The fraction of sp³-hybridized carbons (Fsp3) is 0.208. The Hall–Kier alpha value is -3.36. The maximum Gasteiger partial charge on any atom is 0.349 e. The van der Waals surface area contributed by atoms with Gasteiger partial charge in [-0.15, -0.1) is 0 Å². The van der Waals surface area contributed by atoms with Crippen molar-refractivity contribution in [2.75, 3.05) is 18.6 Å². The Bertz CT molecular complexity index is 1090. The van der Waals surface area contributed by atoms with Crippen LogP contribution in [0.4, 0.5) is 5.69 Å². The maximum atomic E-state index is 12.5. The van der Waals surface area contributed by atoms with Crippen molar-refractivity contribution in [1.82, 2.24) is 0 Å². The Kier molecular flexibility index (Phi) is 6.09. The molecule has 0 unspecified atom stereocenters. The molecule has 1 aliphatic rings. The molecule has 0 atom stereocenters. The highest BCUT2D eigenvalue weighted by molar-refractivity contribution is 6.30. The molecule has 0 fully saturated rings. The second kappa shape index (κ2) is 8.56. The number of ketones is 1. The molecule has 152 valence electrons. The monoisotopic (exact) mass is 420 g/mol. The van der Waals surface area contributed by atoms with Crippen LogP contribution in [0.5, 0.6) is 0 Å². The van der Waals surface area contributed by atoms with Crippen molar-refractivity contribution in [3.05, 3.63) is 82.0 Å². The van der Waals surface area contributed by atoms with Crippen LogP contribution in [-0.4, -0.2) is 25.4 Å². The van der Waals surface area contributed by atoms with Crippen molar-refractivity contribution < 1.29 is 14.3 Å². The summed E-state index contributed by atoms with van der Waals surface area (Å²) in [5.74, 6) is -1.20. The van der Waals surface area contributed by atoms with Gasteiger partial charge in [-0.05, 0) is 35.4 Å². The number of benzene rings is 2. The number of hydrogen-bond donors (Lipinski definition) is 0. The number of likely N-dealkylation sites (N-methyl/N-ethyl adjacent to an activating group) is 1. The summed E-state index contributed by atoms with van der Waals surface area (Å²) in [4.78, 5) is 26.7. The SMILES string of the molecule is CN1/C(=C\C(=O)COC(=O)/C(C#N)=C/c2ccc(Cl)cc2)C(C)(C)c2ccccc21. The van der Waals surface area contributed by atoms with Gasteiger partial charge in [0.2, 0.25) is 0 Å². The molecule has 30 heavy (non-hydrogen) atoms. The third-order valence-corrected chi connectivity index (χ3v) is 5.36. The topological polar surface area (TPSA) is 70.4 Å². The molecule has 0 saturated carbocycles. The fourth-order valence-electron chi connectivity index (χ4n) is 3.53. The van der Waals surface area contributed by atoms with E-state index in [0.717, 1.165) is 16.9 Å². The summed E-state index contributed by atoms with van der Waals surface area (Å²) in [7, 11) is 1.90. The first-order valence-corrected chi connectivity index (χ1v) is 9.74. The van der Waals surface area contributed by atoms with Crippen LogP contribution in [0.2, 0.25) is 5.02 Å². The molecule has 6 heteroatoms. The Labute approximate surface area is 180 Å². The zero-order valence-electron chi connectivity index (χ0n) is 17.0. The number of anilines is 1. The smallest absolute Gasteiger partial charge is 0.349 e. The molecule has 3 rings (SSSR count). The van der Waals surface area contributed by atoms with Crippen LogP contribution in [0.3, 0.4) is 0 Å². The number of rotatable bonds is 5. The number of fused-ring (bicyclic) bond motifs is 1. The van der Waals surface area contributed by atoms with E-state index in [1.54, 1.807) is 24.3 Å². The van der Waals surface area contributed by atoms with Gasteiger partial charge in [0.25, 0.3) is 0 Å². The molecule has 0 spiro atoms. The lowest BCUT2D eigenvalue weighted by Gasteiger charge is -2.23. The van der Waals surface area contributed by atoms with Crippen molar-refractivity contribution >= 4 is 35.1 Å². The molecular weight excluding hydrogens is 400 g/mol. The first kappa shape index (κ1) is 21.4. The number of carbonyl (C=O) groups excluding carboxylic acids is 2. The summed E-state index contributed by atoms with van der Waals surface area (Å²) in [6, 6.07) is 16.4. The van der Waals surface area contributed by atoms with E-state index in [2.05, 4.69) is 0 Å². The number of hydrogen-bond acceptors (Lipinski definition) is 5. The number of halogens is 1. The Morgan fingerprint density at radius 1 is 1.17 bits per heavy atom. The second-order valence-corrected chi connectivity index (χ2v) is 7.93. The summed E-state index contributed by atoms with van der Waals surface area (Å²) in [6.07, 6.45) is 2.90. The van der Waals surface area contributed by atoms with Crippen LogP contribution >= 0.6 is 11.6 Å². The van der Waals surface area contributed by atoms with E-state index in [0.29, 0.717) is 10.6 Å². The lowest BCUT2D eigenvalue weighted by molar-refractivity contribution is -0.142. The van der Waals surface area contributed by atoms with Gasteiger partial charge in [-0.25, -0.2) is 4.79 Å². The van der Waals surface area contributed by atoms with Gasteiger partial charge in [0.15, 0.2) is 12.4 Å². The largest absolute Gasteiger partial charge is 0.453 e. The normalized spacial score (nSPS) is 16.2. The number of carbonyl (C=O) groups is 2. The van der Waals surface area contributed by atoms with Crippen molar-refractivity contribution in [3.63, 3.8) is 0 Å². The molecule has 0 aliphatic carbocycles. The van der Waals surface area contributed by atoms with Gasteiger partial charge < -0.3 is 9.64 Å². The van der Waals surface area contributed by atoms with Gasteiger partial charge in [-0.3, -0.25) is 4.79 Å². The average Bonchev–Trinajstić information content (AvgIpc) is 2.92. The molecule has 0 radical (unpaired) electrons. The van der Waals surface area contributed by atoms with E-state index >= 15 is 0 Å². The van der Waals surface area contributed by atoms with Crippen molar-refractivity contribution in [3.8, 4) is 6.07 Å². The Morgan fingerprint density at radius 2 is 1.83 bits per heavy atom. The number of nitrogens with zero attached hydrogens (tertiary/aromatic N) is 2. The van der Waals surface area contributed by atoms with Crippen molar-refractivity contribution in [2.24, 2.45) is 0 Å². The van der Waals surface area contributed by atoms with E-state index in [1.165, 1.54) is 12.2 Å². The third kappa shape index (κ3) is 4.29. The van der Waals surface area contributed by atoms with Crippen LogP contribution in [0.15, 0.2) is 65.9 Å². The highest BCUT2D eigenvalue weighted by Crippen LogP contribution is 2.46. The van der Waals surface area contributed by atoms with Gasteiger partial charge in [-0.2, -0.15) is 5.26 Å². The summed E-state index contributed by atoms with van der Waals surface area (Å²) < 4.78 is 5.08. The lowest BCUT2D eigenvalue weighted by Crippen LogP contribution is -2.25.